The molecule has 2 amide bonds. The molecular formula is C10H23N5O2. The maximum Gasteiger partial charge on any atom is 0.234 e. The summed E-state index contributed by atoms with van der Waals surface area (Å²) in [6.45, 7) is 5.29. The van der Waals surface area contributed by atoms with Gasteiger partial charge in [-0.05, 0) is 18.9 Å². The summed E-state index contributed by atoms with van der Waals surface area (Å²) in [6, 6.07) is -0.321. The van der Waals surface area contributed by atoms with Gasteiger partial charge in [-0.1, -0.05) is 13.8 Å². The van der Waals surface area contributed by atoms with Crippen molar-refractivity contribution >= 4 is 11.8 Å². The van der Waals surface area contributed by atoms with Gasteiger partial charge in [0.2, 0.25) is 11.8 Å². The Balaban J connectivity index is 3.78. The van der Waals surface area contributed by atoms with Crippen LogP contribution in [0, 0.1) is 5.92 Å². The predicted molar refractivity (Wildman–Crippen MR) is 65.6 cm³/mol. The molecule has 0 aromatic carbocycles. The first-order valence-corrected chi connectivity index (χ1v) is 5.75. The first-order chi connectivity index (χ1) is 7.99. The fourth-order valence-corrected chi connectivity index (χ4v) is 1.51. The first kappa shape index (κ1) is 15.8. The summed E-state index contributed by atoms with van der Waals surface area (Å²) < 4.78 is 0. The van der Waals surface area contributed by atoms with Crippen molar-refractivity contribution < 1.29 is 9.59 Å². The molecule has 0 heterocycles. The Hall–Kier alpha value is -1.18. The van der Waals surface area contributed by atoms with Crippen molar-refractivity contribution in [2.24, 2.45) is 17.4 Å². The van der Waals surface area contributed by atoms with E-state index >= 15 is 0 Å². The highest BCUT2D eigenvalue weighted by atomic mass is 16.1. The average Bonchev–Trinajstić information content (AvgIpc) is 2.24. The standard InChI is InChI=1S/C10H23N5O2/c1-3-13-9(10(12)17)7(2)4-5-14-15-6-8(11)16/h7,9,13-15H,3-6H2,1-2H3,(H2,11,16)(H2,12,17)/t7?,9-/m0/s1. The molecule has 0 fully saturated rings. The molecule has 0 radical (unpaired) electrons. The molecule has 0 spiro atoms. The van der Waals surface area contributed by atoms with Crippen LogP contribution in [0.5, 0.6) is 0 Å². The zero-order chi connectivity index (χ0) is 13.3. The molecule has 0 rings (SSSR count). The average molecular weight is 245 g/mol. The molecule has 2 atom stereocenters. The minimum absolute atomic E-state index is 0.0842. The van der Waals surface area contributed by atoms with Crippen LogP contribution in [0.2, 0.25) is 0 Å². The van der Waals surface area contributed by atoms with E-state index in [1.807, 2.05) is 13.8 Å². The fourth-order valence-electron chi connectivity index (χ4n) is 1.51. The van der Waals surface area contributed by atoms with E-state index in [4.69, 9.17) is 11.5 Å². The van der Waals surface area contributed by atoms with Gasteiger partial charge in [-0.3, -0.25) is 15.0 Å². The third-order valence-electron chi connectivity index (χ3n) is 2.41. The Morgan fingerprint density at radius 2 is 1.88 bits per heavy atom. The summed E-state index contributed by atoms with van der Waals surface area (Å²) >= 11 is 0. The van der Waals surface area contributed by atoms with E-state index in [1.54, 1.807) is 0 Å². The molecule has 0 aromatic heterocycles. The number of carbonyl (C=O) groups excluding carboxylic acids is 2. The van der Waals surface area contributed by atoms with Crippen molar-refractivity contribution in [3.05, 3.63) is 0 Å². The second-order valence-electron chi connectivity index (χ2n) is 3.95. The van der Waals surface area contributed by atoms with Gasteiger partial charge in [-0.2, -0.15) is 0 Å². The number of likely N-dealkylation sites (N-methyl/N-ethyl adjacent to an activating group) is 1. The van der Waals surface area contributed by atoms with E-state index in [0.29, 0.717) is 13.1 Å². The zero-order valence-corrected chi connectivity index (χ0v) is 10.5. The molecule has 0 bridgehead atoms. The largest absolute Gasteiger partial charge is 0.369 e. The fraction of sp³-hybridized carbons (Fsp3) is 0.800. The predicted octanol–water partition coefficient (Wildman–Crippen LogP) is -1.94. The summed E-state index contributed by atoms with van der Waals surface area (Å²) in [5.74, 6) is -0.645. The summed E-state index contributed by atoms with van der Waals surface area (Å²) in [5, 5.41) is 3.04. The SMILES string of the molecule is CCN[C@H](C(N)=O)C(C)CCNNCC(N)=O. The van der Waals surface area contributed by atoms with Crippen LogP contribution in [0.1, 0.15) is 20.3 Å². The van der Waals surface area contributed by atoms with Crippen LogP contribution < -0.4 is 27.6 Å². The van der Waals surface area contributed by atoms with Crippen molar-refractivity contribution in [3.8, 4) is 0 Å². The van der Waals surface area contributed by atoms with Crippen LogP contribution in [-0.2, 0) is 9.59 Å². The van der Waals surface area contributed by atoms with E-state index in [1.165, 1.54) is 0 Å². The third kappa shape index (κ3) is 7.67. The lowest BCUT2D eigenvalue weighted by molar-refractivity contribution is -0.121. The van der Waals surface area contributed by atoms with Crippen LogP contribution in [0.4, 0.5) is 0 Å². The number of hydrazine groups is 1. The highest BCUT2D eigenvalue weighted by Gasteiger charge is 2.20. The van der Waals surface area contributed by atoms with Crippen LogP contribution in [0.15, 0.2) is 0 Å². The molecule has 1 unspecified atom stereocenters. The molecular weight excluding hydrogens is 222 g/mol. The smallest absolute Gasteiger partial charge is 0.234 e. The van der Waals surface area contributed by atoms with Crippen molar-refractivity contribution in [3.63, 3.8) is 0 Å². The molecule has 0 aliphatic rings. The molecule has 17 heavy (non-hydrogen) atoms. The lowest BCUT2D eigenvalue weighted by atomic mass is 9.98. The van der Waals surface area contributed by atoms with E-state index < -0.39 is 5.91 Å². The molecule has 0 aliphatic carbocycles. The quantitative estimate of drug-likeness (QED) is 0.226. The van der Waals surface area contributed by atoms with E-state index in [0.717, 1.165) is 6.42 Å². The Bertz CT molecular complexity index is 247. The lowest BCUT2D eigenvalue weighted by Crippen LogP contribution is -2.47. The number of carbonyl (C=O) groups is 2. The first-order valence-electron chi connectivity index (χ1n) is 5.75. The van der Waals surface area contributed by atoms with Gasteiger partial charge in [0, 0.05) is 6.54 Å². The Kier molecular flexibility index (Phi) is 8.29. The monoisotopic (exact) mass is 245 g/mol. The normalized spacial score (nSPS) is 14.2. The van der Waals surface area contributed by atoms with Crippen LogP contribution in [-0.4, -0.2) is 37.5 Å². The zero-order valence-electron chi connectivity index (χ0n) is 10.5. The summed E-state index contributed by atoms with van der Waals surface area (Å²) in [6.07, 6.45) is 0.756. The molecule has 0 aliphatic heterocycles. The van der Waals surface area contributed by atoms with Gasteiger partial charge in [-0.15, -0.1) is 0 Å². The minimum Gasteiger partial charge on any atom is -0.369 e. The lowest BCUT2D eigenvalue weighted by Gasteiger charge is -2.21. The van der Waals surface area contributed by atoms with Gasteiger partial charge in [0.25, 0.3) is 0 Å². The number of rotatable bonds is 10. The Morgan fingerprint density at radius 3 is 2.35 bits per heavy atom. The molecule has 7 N–H and O–H groups in total. The number of hydrogen-bond acceptors (Lipinski definition) is 5. The van der Waals surface area contributed by atoms with Crippen molar-refractivity contribution in [1.29, 1.82) is 0 Å². The molecule has 0 saturated heterocycles. The second-order valence-corrected chi connectivity index (χ2v) is 3.95. The summed E-state index contributed by atoms with van der Waals surface area (Å²) in [5.41, 5.74) is 15.8. The third-order valence-corrected chi connectivity index (χ3v) is 2.41. The van der Waals surface area contributed by atoms with E-state index in [-0.39, 0.29) is 24.4 Å². The highest BCUT2D eigenvalue weighted by Crippen LogP contribution is 2.06. The summed E-state index contributed by atoms with van der Waals surface area (Å²) in [7, 11) is 0. The molecule has 0 aromatic rings. The van der Waals surface area contributed by atoms with E-state index in [2.05, 4.69) is 16.2 Å². The van der Waals surface area contributed by atoms with Crippen molar-refractivity contribution in [2.75, 3.05) is 19.6 Å². The number of amides is 2. The molecule has 0 saturated carbocycles. The van der Waals surface area contributed by atoms with Crippen LogP contribution in [0.3, 0.4) is 0 Å². The molecule has 7 heteroatoms. The van der Waals surface area contributed by atoms with Crippen LogP contribution >= 0.6 is 0 Å². The maximum atomic E-state index is 11.2. The number of hydrogen-bond donors (Lipinski definition) is 5. The van der Waals surface area contributed by atoms with E-state index in [9.17, 15) is 9.59 Å². The number of nitrogens with two attached hydrogens (primary N) is 2. The highest BCUT2D eigenvalue weighted by molar-refractivity contribution is 5.80. The van der Waals surface area contributed by atoms with Gasteiger partial charge in [0.05, 0.1) is 12.6 Å². The van der Waals surface area contributed by atoms with Gasteiger partial charge in [0.1, 0.15) is 0 Å². The summed E-state index contributed by atoms with van der Waals surface area (Å²) in [4.78, 5) is 21.6. The molecule has 100 valence electrons. The van der Waals surface area contributed by atoms with Gasteiger partial charge in [0.15, 0.2) is 0 Å². The number of nitrogens with one attached hydrogen (secondary N) is 3. The van der Waals surface area contributed by atoms with Crippen molar-refractivity contribution in [2.45, 2.75) is 26.3 Å². The number of primary amides is 2. The topological polar surface area (TPSA) is 122 Å². The van der Waals surface area contributed by atoms with Crippen LogP contribution in [0.25, 0.3) is 0 Å². The Morgan fingerprint density at radius 1 is 1.24 bits per heavy atom. The second kappa shape index (κ2) is 8.91. The maximum absolute atomic E-state index is 11.2. The van der Waals surface area contributed by atoms with Gasteiger partial charge >= 0.3 is 0 Å². The Labute approximate surface area is 102 Å². The molecule has 7 nitrogen and oxygen atoms in total. The van der Waals surface area contributed by atoms with Gasteiger partial charge < -0.3 is 16.8 Å². The van der Waals surface area contributed by atoms with Crippen molar-refractivity contribution in [1.82, 2.24) is 16.2 Å². The van der Waals surface area contributed by atoms with Gasteiger partial charge in [-0.25, -0.2) is 5.43 Å². The minimum atomic E-state index is -0.423.